The van der Waals surface area contributed by atoms with Crippen LogP contribution in [-0.4, -0.2) is 28.6 Å². The Hall–Kier alpha value is -0.220. The van der Waals surface area contributed by atoms with Gasteiger partial charge in [-0.3, -0.25) is 4.79 Å². The molecule has 0 aromatic rings. The van der Waals surface area contributed by atoms with Crippen LogP contribution in [0.2, 0.25) is 0 Å². The zero-order valence-electron chi connectivity index (χ0n) is 5.62. The van der Waals surface area contributed by atoms with E-state index in [2.05, 4.69) is 0 Å². The van der Waals surface area contributed by atoms with Crippen LogP contribution >= 0.6 is 11.8 Å². The Bertz CT molecular complexity index is 140. The summed E-state index contributed by atoms with van der Waals surface area (Å²) in [5.41, 5.74) is 5.58. The number of carboxylic acid groups (broad SMARTS) is 1. The van der Waals surface area contributed by atoms with Gasteiger partial charge in [-0.2, -0.15) is 11.8 Å². The van der Waals surface area contributed by atoms with E-state index in [-0.39, 0.29) is 12.0 Å². The minimum atomic E-state index is -0.706. The van der Waals surface area contributed by atoms with Crippen molar-refractivity contribution in [3.63, 3.8) is 0 Å². The first-order valence-electron chi connectivity index (χ1n) is 3.26. The fourth-order valence-corrected chi connectivity index (χ4v) is 2.17. The van der Waals surface area contributed by atoms with Gasteiger partial charge >= 0.3 is 5.97 Å². The summed E-state index contributed by atoms with van der Waals surface area (Å²) in [7, 11) is 0. The molecule has 4 heteroatoms. The normalized spacial score (nSPS) is 33.7. The van der Waals surface area contributed by atoms with E-state index < -0.39 is 5.97 Å². The Morgan fingerprint density at radius 3 is 2.70 bits per heavy atom. The van der Waals surface area contributed by atoms with Crippen molar-refractivity contribution in [3.8, 4) is 0 Å². The lowest BCUT2D eigenvalue weighted by Gasteiger charge is -2.22. The van der Waals surface area contributed by atoms with Crippen molar-refractivity contribution in [2.24, 2.45) is 11.7 Å². The lowest BCUT2D eigenvalue weighted by molar-refractivity contribution is -0.141. The quantitative estimate of drug-likeness (QED) is 0.574. The molecular weight excluding hydrogens is 150 g/mol. The van der Waals surface area contributed by atoms with Crippen LogP contribution in [0.25, 0.3) is 0 Å². The van der Waals surface area contributed by atoms with Gasteiger partial charge in [0.15, 0.2) is 0 Å². The number of carbonyl (C=O) groups is 1. The third-order valence-electron chi connectivity index (χ3n) is 1.59. The second kappa shape index (κ2) is 3.25. The van der Waals surface area contributed by atoms with Crippen molar-refractivity contribution in [2.45, 2.75) is 12.5 Å². The first-order valence-corrected chi connectivity index (χ1v) is 4.41. The van der Waals surface area contributed by atoms with Crippen molar-refractivity contribution >= 4 is 17.7 Å². The summed E-state index contributed by atoms with van der Waals surface area (Å²) in [6.45, 7) is 0. The summed E-state index contributed by atoms with van der Waals surface area (Å²) in [6, 6.07) is 0.0832. The lowest BCUT2D eigenvalue weighted by Crippen LogP contribution is -2.34. The molecular formula is C6H11NO2S. The van der Waals surface area contributed by atoms with Gasteiger partial charge in [-0.15, -0.1) is 0 Å². The number of hydrogen-bond acceptors (Lipinski definition) is 3. The Morgan fingerprint density at radius 1 is 1.60 bits per heavy atom. The molecule has 0 radical (unpaired) electrons. The highest BCUT2D eigenvalue weighted by Gasteiger charge is 2.24. The molecule has 1 fully saturated rings. The van der Waals surface area contributed by atoms with E-state index in [1.165, 1.54) is 0 Å². The van der Waals surface area contributed by atoms with Gasteiger partial charge in [0, 0.05) is 17.5 Å². The van der Waals surface area contributed by atoms with Gasteiger partial charge in [0.05, 0.1) is 5.92 Å². The molecule has 10 heavy (non-hydrogen) atoms. The molecule has 0 aromatic carbocycles. The van der Waals surface area contributed by atoms with E-state index in [9.17, 15) is 4.79 Å². The molecule has 0 aromatic heterocycles. The maximum atomic E-state index is 10.4. The second-order valence-corrected chi connectivity index (χ2v) is 3.64. The molecule has 0 amide bonds. The molecule has 1 aliphatic rings. The zero-order chi connectivity index (χ0) is 7.56. The molecule has 1 aliphatic heterocycles. The Morgan fingerprint density at radius 2 is 2.30 bits per heavy atom. The second-order valence-electron chi connectivity index (χ2n) is 2.57. The summed E-state index contributed by atoms with van der Waals surface area (Å²) >= 11 is 1.63. The summed E-state index contributed by atoms with van der Waals surface area (Å²) in [6.07, 6.45) is 0.641. The molecule has 0 spiro atoms. The fraction of sp³-hybridized carbons (Fsp3) is 0.833. The predicted molar refractivity (Wildman–Crippen MR) is 41.0 cm³/mol. The monoisotopic (exact) mass is 161 g/mol. The number of hydrogen-bond donors (Lipinski definition) is 2. The van der Waals surface area contributed by atoms with Gasteiger partial charge in [-0.25, -0.2) is 0 Å². The zero-order valence-corrected chi connectivity index (χ0v) is 6.43. The highest BCUT2D eigenvalue weighted by atomic mass is 32.2. The van der Waals surface area contributed by atoms with Gasteiger partial charge in [-0.1, -0.05) is 0 Å². The van der Waals surface area contributed by atoms with Crippen molar-refractivity contribution in [2.75, 3.05) is 11.5 Å². The molecule has 3 N–H and O–H groups in total. The summed E-state index contributed by atoms with van der Waals surface area (Å²) in [5.74, 6) is 0.712. The van der Waals surface area contributed by atoms with E-state index >= 15 is 0 Å². The van der Waals surface area contributed by atoms with Crippen LogP contribution in [0.5, 0.6) is 0 Å². The smallest absolute Gasteiger partial charge is 0.307 e. The van der Waals surface area contributed by atoms with Crippen LogP contribution in [0.4, 0.5) is 0 Å². The molecule has 2 atom stereocenters. The molecule has 0 aliphatic carbocycles. The number of nitrogens with two attached hydrogens (primary N) is 1. The lowest BCUT2D eigenvalue weighted by atomic mass is 10.0. The van der Waals surface area contributed by atoms with Gasteiger partial charge < -0.3 is 10.8 Å². The molecule has 0 bridgehead atoms. The van der Waals surface area contributed by atoms with Crippen LogP contribution < -0.4 is 5.73 Å². The Labute approximate surface area is 64.0 Å². The number of aliphatic carboxylic acids is 1. The van der Waals surface area contributed by atoms with Crippen molar-refractivity contribution in [1.82, 2.24) is 0 Å². The van der Waals surface area contributed by atoms with E-state index in [1.54, 1.807) is 11.8 Å². The van der Waals surface area contributed by atoms with Crippen LogP contribution in [-0.2, 0) is 4.79 Å². The average molecular weight is 161 g/mol. The first-order chi connectivity index (χ1) is 4.70. The minimum absolute atomic E-state index is 0.0832. The van der Waals surface area contributed by atoms with E-state index in [1.807, 2.05) is 0 Å². The van der Waals surface area contributed by atoms with Crippen molar-refractivity contribution in [3.05, 3.63) is 0 Å². The predicted octanol–water partition coefficient (Wildman–Crippen LogP) is 0.151. The molecule has 3 nitrogen and oxygen atoms in total. The number of thioether (sulfide) groups is 1. The largest absolute Gasteiger partial charge is 0.481 e. The third-order valence-corrected chi connectivity index (χ3v) is 2.89. The van der Waals surface area contributed by atoms with Crippen molar-refractivity contribution in [1.29, 1.82) is 0 Å². The van der Waals surface area contributed by atoms with Gasteiger partial charge in [0.1, 0.15) is 0 Å². The standard InChI is InChI=1S/C6H11NO2S/c7-5-1-4(6(8)9)2-10-3-5/h4-5H,1-3,7H2,(H,8,9). The first kappa shape index (κ1) is 7.88. The van der Waals surface area contributed by atoms with Gasteiger partial charge in [-0.05, 0) is 6.42 Å². The van der Waals surface area contributed by atoms with Crippen LogP contribution in [0, 0.1) is 5.92 Å². The molecule has 0 saturated carbocycles. The highest BCUT2D eigenvalue weighted by molar-refractivity contribution is 7.99. The van der Waals surface area contributed by atoms with Crippen LogP contribution in [0.3, 0.4) is 0 Å². The summed E-state index contributed by atoms with van der Waals surface area (Å²) in [5, 5.41) is 8.59. The maximum absolute atomic E-state index is 10.4. The topological polar surface area (TPSA) is 63.3 Å². The third kappa shape index (κ3) is 1.88. The molecule has 1 heterocycles. The Balaban J connectivity index is 2.39. The average Bonchev–Trinajstić information content (AvgIpc) is 1.88. The van der Waals surface area contributed by atoms with Gasteiger partial charge in [0.2, 0.25) is 0 Å². The van der Waals surface area contributed by atoms with E-state index in [0.29, 0.717) is 6.42 Å². The van der Waals surface area contributed by atoms with Crippen LogP contribution in [0.1, 0.15) is 6.42 Å². The molecule has 2 unspecified atom stereocenters. The maximum Gasteiger partial charge on any atom is 0.307 e. The van der Waals surface area contributed by atoms with Crippen molar-refractivity contribution < 1.29 is 9.90 Å². The summed E-state index contributed by atoms with van der Waals surface area (Å²) < 4.78 is 0. The minimum Gasteiger partial charge on any atom is -0.481 e. The van der Waals surface area contributed by atoms with Crippen LogP contribution in [0.15, 0.2) is 0 Å². The van der Waals surface area contributed by atoms with Gasteiger partial charge in [0.25, 0.3) is 0 Å². The SMILES string of the molecule is NC1CSCC(C(=O)O)C1. The highest BCUT2D eigenvalue weighted by Crippen LogP contribution is 2.21. The van der Waals surface area contributed by atoms with E-state index in [0.717, 1.165) is 11.5 Å². The molecule has 58 valence electrons. The molecule has 1 rings (SSSR count). The fourth-order valence-electron chi connectivity index (χ4n) is 1.04. The molecule has 1 saturated heterocycles. The number of rotatable bonds is 1. The summed E-state index contributed by atoms with van der Waals surface area (Å²) in [4.78, 5) is 10.4. The number of carboxylic acids is 1. The Kier molecular flexibility index (Phi) is 2.56. The van der Waals surface area contributed by atoms with E-state index in [4.69, 9.17) is 10.8 Å².